The zero-order chi connectivity index (χ0) is 8.48. The second-order valence-corrected chi connectivity index (χ2v) is 3.26. The molecule has 0 saturated heterocycles. The normalized spacial score (nSPS) is 11.4. The van der Waals surface area contributed by atoms with Crippen LogP contribution in [0.25, 0.3) is 0 Å². The fourth-order valence-electron chi connectivity index (χ4n) is 0.578. The van der Waals surface area contributed by atoms with Gasteiger partial charge in [-0.2, -0.15) is 0 Å². The van der Waals surface area contributed by atoms with Gasteiger partial charge in [0.15, 0.2) is 12.4 Å². The second-order valence-electron chi connectivity index (χ2n) is 1.94. The molecule has 0 fully saturated rings. The zero-order valence-corrected chi connectivity index (χ0v) is 6.32. The molecule has 0 radical (unpaired) electrons. The molecule has 0 amide bonds. The number of pyridine rings is 1. The number of nitrogens with two attached hydrogens (primary N) is 1. The van der Waals surface area contributed by atoms with Crippen molar-refractivity contribution in [2.45, 2.75) is 0 Å². The van der Waals surface area contributed by atoms with E-state index >= 15 is 0 Å². The van der Waals surface area contributed by atoms with Gasteiger partial charge in [0.05, 0.1) is 0 Å². The van der Waals surface area contributed by atoms with Crippen molar-refractivity contribution in [1.29, 1.82) is 0 Å². The number of anilines is 1. The number of hydrogen-bond acceptors (Lipinski definition) is 3. The van der Waals surface area contributed by atoms with E-state index in [1.165, 1.54) is 12.1 Å². The van der Waals surface area contributed by atoms with Crippen molar-refractivity contribution >= 4 is 16.0 Å². The summed E-state index contributed by atoms with van der Waals surface area (Å²) in [7, 11) is -4.16. The lowest BCUT2D eigenvalue weighted by Crippen LogP contribution is -2.41. The predicted molar refractivity (Wildman–Crippen MR) is 38.0 cm³/mol. The molecule has 0 aromatic carbocycles. The van der Waals surface area contributed by atoms with Gasteiger partial charge in [-0.3, -0.25) is 0 Å². The largest absolute Gasteiger partial charge is 0.511 e. The smallest absolute Gasteiger partial charge is 0.398 e. The van der Waals surface area contributed by atoms with Crippen molar-refractivity contribution < 1.29 is 16.9 Å². The molecule has 1 aromatic heterocycles. The van der Waals surface area contributed by atoms with Gasteiger partial charge in [-0.25, -0.2) is 4.55 Å². The summed E-state index contributed by atoms with van der Waals surface area (Å²) >= 11 is 0. The van der Waals surface area contributed by atoms with Crippen LogP contribution in [-0.4, -0.2) is 13.0 Å². The average molecular weight is 175 g/mol. The van der Waals surface area contributed by atoms with E-state index < -0.39 is 10.3 Å². The zero-order valence-electron chi connectivity index (χ0n) is 5.51. The Balaban J connectivity index is 3.20. The van der Waals surface area contributed by atoms with Crippen LogP contribution in [0.3, 0.4) is 0 Å². The molecule has 0 aliphatic rings. The Labute approximate surface area is 64.0 Å². The first-order valence-corrected chi connectivity index (χ1v) is 4.14. The second kappa shape index (κ2) is 2.48. The summed E-state index contributed by atoms with van der Waals surface area (Å²) in [6.45, 7) is 0. The molecule has 1 heterocycles. The third-order valence-corrected chi connectivity index (χ3v) is 1.87. The third-order valence-electron chi connectivity index (χ3n) is 1.09. The van der Waals surface area contributed by atoms with Crippen LogP contribution in [0.15, 0.2) is 24.5 Å². The summed E-state index contributed by atoms with van der Waals surface area (Å²) in [5, 5.41) is 0. The van der Waals surface area contributed by atoms with Crippen LogP contribution >= 0.6 is 0 Å². The van der Waals surface area contributed by atoms with Crippen LogP contribution in [0.5, 0.6) is 0 Å². The maximum absolute atomic E-state index is 10.4. The van der Waals surface area contributed by atoms with E-state index in [-0.39, 0.29) is 0 Å². The first-order valence-electron chi connectivity index (χ1n) is 2.75. The molecular weight excluding hydrogens is 168 g/mol. The molecule has 0 saturated carbocycles. The van der Waals surface area contributed by atoms with E-state index in [9.17, 15) is 8.42 Å². The Kier molecular flexibility index (Phi) is 1.79. The van der Waals surface area contributed by atoms with Crippen molar-refractivity contribution in [3.8, 4) is 0 Å². The molecular formula is C5H7N2O3S+. The number of nitrogen functional groups attached to an aromatic ring is 1. The van der Waals surface area contributed by atoms with Gasteiger partial charge in [0.25, 0.3) is 0 Å². The minimum atomic E-state index is -4.16. The molecule has 5 nitrogen and oxygen atoms in total. The molecule has 3 N–H and O–H groups in total. The summed E-state index contributed by atoms with van der Waals surface area (Å²) in [4.78, 5) is 0. The molecule has 0 aliphatic heterocycles. The van der Waals surface area contributed by atoms with Crippen molar-refractivity contribution in [1.82, 2.24) is 0 Å². The van der Waals surface area contributed by atoms with Gasteiger partial charge in [-0.05, 0) is 0 Å². The lowest BCUT2D eigenvalue weighted by molar-refractivity contribution is -0.518. The maximum Gasteiger partial charge on any atom is 0.511 e. The standard InChI is InChI=1S/C5H6N2O3S/c6-5-1-3-7(4-2-5)11(8,9)10/h1-4,6H,(H,8,9,10)/p+1. The number of hydrogen-bond donors (Lipinski definition) is 2. The van der Waals surface area contributed by atoms with E-state index in [0.29, 0.717) is 9.66 Å². The van der Waals surface area contributed by atoms with Crippen LogP contribution in [0, 0.1) is 0 Å². The molecule has 0 aliphatic carbocycles. The highest BCUT2D eigenvalue weighted by atomic mass is 32.2. The fourth-order valence-corrected chi connectivity index (χ4v) is 1.01. The van der Waals surface area contributed by atoms with Crippen LogP contribution in [0.4, 0.5) is 5.69 Å². The molecule has 0 bridgehead atoms. The van der Waals surface area contributed by atoms with Gasteiger partial charge in [0, 0.05) is 17.8 Å². The van der Waals surface area contributed by atoms with Gasteiger partial charge in [0.2, 0.25) is 0 Å². The highest BCUT2D eigenvalue weighted by Gasteiger charge is 2.15. The minimum absolute atomic E-state index is 0.435. The molecule has 1 aromatic rings. The van der Waals surface area contributed by atoms with Gasteiger partial charge in [0.1, 0.15) is 0 Å². The van der Waals surface area contributed by atoms with Crippen LogP contribution in [0.1, 0.15) is 0 Å². The van der Waals surface area contributed by atoms with Crippen LogP contribution < -0.4 is 9.71 Å². The van der Waals surface area contributed by atoms with Crippen molar-refractivity contribution in [2.24, 2.45) is 0 Å². The molecule has 0 atom stereocenters. The minimum Gasteiger partial charge on any atom is -0.398 e. The van der Waals surface area contributed by atoms with E-state index in [0.717, 1.165) is 12.4 Å². The Hall–Kier alpha value is -1.14. The van der Waals surface area contributed by atoms with Gasteiger partial charge in [-0.15, -0.1) is 8.42 Å². The highest BCUT2D eigenvalue weighted by molar-refractivity contribution is 7.79. The Morgan fingerprint density at radius 3 is 2.18 bits per heavy atom. The molecule has 0 spiro atoms. The average Bonchev–Trinajstić information content (AvgIpc) is 1.86. The van der Waals surface area contributed by atoms with Gasteiger partial charge >= 0.3 is 10.3 Å². The summed E-state index contributed by atoms with van der Waals surface area (Å²) < 4.78 is 30.0. The van der Waals surface area contributed by atoms with Gasteiger partial charge < -0.3 is 5.73 Å². The number of aromatic nitrogens is 1. The van der Waals surface area contributed by atoms with Crippen molar-refractivity contribution in [3.63, 3.8) is 0 Å². The lowest BCUT2D eigenvalue weighted by Gasteiger charge is -1.89. The first kappa shape index (κ1) is 7.96. The molecule has 60 valence electrons. The summed E-state index contributed by atoms with van der Waals surface area (Å²) in [6, 6.07) is 2.74. The Morgan fingerprint density at radius 2 is 1.82 bits per heavy atom. The van der Waals surface area contributed by atoms with Crippen molar-refractivity contribution in [3.05, 3.63) is 24.5 Å². The number of rotatable bonds is 1. The lowest BCUT2D eigenvalue weighted by atomic mass is 10.4. The van der Waals surface area contributed by atoms with E-state index in [1.807, 2.05) is 0 Å². The number of nitrogens with zero attached hydrogens (tertiary/aromatic N) is 1. The quantitative estimate of drug-likeness (QED) is 0.432. The fraction of sp³-hybridized carbons (Fsp3) is 0. The predicted octanol–water partition coefficient (Wildman–Crippen LogP) is -0.793. The maximum atomic E-state index is 10.4. The molecule has 0 unspecified atom stereocenters. The third kappa shape index (κ3) is 1.89. The summed E-state index contributed by atoms with van der Waals surface area (Å²) in [6.07, 6.45) is 2.31. The molecule has 11 heavy (non-hydrogen) atoms. The Bertz CT molecular complexity index is 342. The van der Waals surface area contributed by atoms with Crippen LogP contribution in [0.2, 0.25) is 0 Å². The summed E-state index contributed by atoms with van der Waals surface area (Å²) in [5.74, 6) is 0. The van der Waals surface area contributed by atoms with Crippen molar-refractivity contribution in [2.75, 3.05) is 5.73 Å². The Morgan fingerprint density at radius 1 is 1.36 bits per heavy atom. The molecule has 1 rings (SSSR count). The van der Waals surface area contributed by atoms with E-state index in [2.05, 4.69) is 0 Å². The van der Waals surface area contributed by atoms with E-state index in [4.69, 9.17) is 10.3 Å². The van der Waals surface area contributed by atoms with E-state index in [1.54, 1.807) is 0 Å². The monoisotopic (exact) mass is 175 g/mol. The SMILES string of the molecule is Nc1cc[n+](S(=O)(=O)O)cc1. The topological polar surface area (TPSA) is 84.3 Å². The van der Waals surface area contributed by atoms with Crippen LogP contribution in [-0.2, 0) is 10.3 Å². The highest BCUT2D eigenvalue weighted by Crippen LogP contribution is 1.93. The first-order chi connectivity index (χ1) is 5.00. The molecule has 6 heteroatoms. The summed E-state index contributed by atoms with van der Waals surface area (Å²) in [5.41, 5.74) is 5.72. The van der Waals surface area contributed by atoms with Gasteiger partial charge in [-0.1, -0.05) is 3.97 Å².